The highest BCUT2D eigenvalue weighted by molar-refractivity contribution is 5.87. The van der Waals surface area contributed by atoms with Gasteiger partial charge in [-0.2, -0.15) is 0 Å². The summed E-state index contributed by atoms with van der Waals surface area (Å²) in [5.74, 6) is 3.96. The molecule has 3 saturated carbocycles. The first-order valence-corrected chi connectivity index (χ1v) is 10.5. The summed E-state index contributed by atoms with van der Waals surface area (Å²) in [6, 6.07) is 0.411. The van der Waals surface area contributed by atoms with Crippen LogP contribution in [0.4, 0.5) is 0 Å². The number of piperidine rings is 1. The lowest BCUT2D eigenvalue weighted by Gasteiger charge is -2.61. The topological polar surface area (TPSA) is 37.4 Å². The zero-order valence-electron chi connectivity index (χ0n) is 16.7. The van der Waals surface area contributed by atoms with Gasteiger partial charge in [-0.3, -0.25) is 9.59 Å². The minimum Gasteiger partial charge on any atom is -0.342 e. The lowest BCUT2D eigenvalue weighted by Crippen LogP contribution is -2.61. The number of likely N-dealkylation sites (tertiary alicyclic amines) is 1. The number of ketones is 1. The Balaban J connectivity index is 1.70. The van der Waals surface area contributed by atoms with Gasteiger partial charge in [0, 0.05) is 31.3 Å². The molecule has 25 heavy (non-hydrogen) atoms. The Labute approximate surface area is 152 Å². The highest BCUT2D eigenvalue weighted by atomic mass is 16.2. The fourth-order valence-corrected chi connectivity index (χ4v) is 7.74. The summed E-state index contributed by atoms with van der Waals surface area (Å²) in [6.45, 7) is 9.37. The SMILES string of the molecule is CC(C)C1CC(=O)[C@@]2(C)CC[C@H]3[C@@H](CC[C@H]4N(C)C(=O)CC[C@]34C)[C@H]12. The number of amides is 1. The molecule has 4 fully saturated rings. The van der Waals surface area contributed by atoms with Crippen molar-refractivity contribution in [3.05, 3.63) is 0 Å². The highest BCUT2D eigenvalue weighted by Gasteiger charge is 2.63. The lowest BCUT2D eigenvalue weighted by atomic mass is 9.46. The Morgan fingerprint density at radius 2 is 1.80 bits per heavy atom. The second-order valence-corrected chi connectivity index (χ2v) is 10.4. The third kappa shape index (κ3) is 2.23. The van der Waals surface area contributed by atoms with Gasteiger partial charge in [-0.25, -0.2) is 0 Å². The van der Waals surface area contributed by atoms with Crippen LogP contribution in [0.2, 0.25) is 0 Å². The number of hydrogen-bond acceptors (Lipinski definition) is 2. The first-order chi connectivity index (χ1) is 11.7. The van der Waals surface area contributed by atoms with Crippen molar-refractivity contribution >= 4 is 11.7 Å². The van der Waals surface area contributed by atoms with Crippen LogP contribution < -0.4 is 0 Å². The van der Waals surface area contributed by atoms with Crippen LogP contribution in [-0.4, -0.2) is 29.7 Å². The van der Waals surface area contributed by atoms with Gasteiger partial charge in [-0.05, 0) is 67.1 Å². The van der Waals surface area contributed by atoms with Gasteiger partial charge in [0.15, 0.2) is 0 Å². The smallest absolute Gasteiger partial charge is 0.222 e. The average molecular weight is 346 g/mol. The molecule has 0 bridgehead atoms. The monoisotopic (exact) mass is 345 g/mol. The molecule has 0 spiro atoms. The molecule has 1 heterocycles. The van der Waals surface area contributed by atoms with Crippen LogP contribution >= 0.6 is 0 Å². The van der Waals surface area contributed by atoms with Gasteiger partial charge in [0.05, 0.1) is 0 Å². The molecule has 3 nitrogen and oxygen atoms in total. The first kappa shape index (κ1) is 17.5. The largest absolute Gasteiger partial charge is 0.342 e. The van der Waals surface area contributed by atoms with Gasteiger partial charge >= 0.3 is 0 Å². The van der Waals surface area contributed by atoms with Crippen molar-refractivity contribution in [2.45, 2.75) is 78.7 Å². The Bertz CT molecular complexity index is 599. The predicted molar refractivity (Wildman–Crippen MR) is 98.9 cm³/mol. The summed E-state index contributed by atoms with van der Waals surface area (Å²) in [6.07, 6.45) is 7.16. The molecule has 3 heteroatoms. The molecular formula is C22H35NO2. The minimum atomic E-state index is -0.0737. The van der Waals surface area contributed by atoms with Crippen LogP contribution in [0, 0.1) is 40.4 Å². The molecule has 0 N–H and O–H groups in total. The standard InChI is InChI=1S/C22H35NO2/c1-13(2)15-12-18(24)22(4)10-8-16-14(20(15)22)6-7-17-21(16,3)11-9-19(25)23(17)5/h13-17,20H,6-12H2,1-5H3/t14-,15?,16+,17-,20-,21-,22-/m1/s1. The molecule has 140 valence electrons. The van der Waals surface area contributed by atoms with Gasteiger partial charge in [-0.1, -0.05) is 27.7 Å². The molecule has 1 saturated heterocycles. The van der Waals surface area contributed by atoms with Gasteiger partial charge in [-0.15, -0.1) is 0 Å². The zero-order valence-corrected chi connectivity index (χ0v) is 16.7. The van der Waals surface area contributed by atoms with Crippen molar-refractivity contribution in [2.24, 2.45) is 40.4 Å². The summed E-state index contributed by atoms with van der Waals surface area (Å²) in [5, 5.41) is 0. The maximum absolute atomic E-state index is 12.9. The Hall–Kier alpha value is -0.860. The van der Waals surface area contributed by atoms with E-state index in [0.29, 0.717) is 53.7 Å². The van der Waals surface area contributed by atoms with Crippen LogP contribution in [0.15, 0.2) is 0 Å². The van der Waals surface area contributed by atoms with Gasteiger partial charge in [0.1, 0.15) is 5.78 Å². The maximum atomic E-state index is 12.9. The van der Waals surface area contributed by atoms with Gasteiger partial charge in [0.2, 0.25) is 5.91 Å². The van der Waals surface area contributed by atoms with Crippen LogP contribution in [0.25, 0.3) is 0 Å². The molecule has 4 aliphatic rings. The van der Waals surface area contributed by atoms with Crippen LogP contribution in [0.3, 0.4) is 0 Å². The quantitative estimate of drug-likeness (QED) is 0.710. The minimum absolute atomic E-state index is 0.0737. The normalized spacial score (nSPS) is 49.8. The first-order valence-electron chi connectivity index (χ1n) is 10.5. The number of hydrogen-bond donors (Lipinski definition) is 0. The van der Waals surface area contributed by atoms with E-state index in [1.165, 1.54) is 12.8 Å². The number of carbonyl (C=O) groups is 2. The Morgan fingerprint density at radius 1 is 1.08 bits per heavy atom. The Morgan fingerprint density at radius 3 is 2.48 bits per heavy atom. The molecular weight excluding hydrogens is 310 g/mol. The second-order valence-electron chi connectivity index (χ2n) is 10.4. The van der Waals surface area contributed by atoms with E-state index in [1.54, 1.807) is 0 Å². The molecule has 0 radical (unpaired) electrons. The summed E-state index contributed by atoms with van der Waals surface area (Å²) in [4.78, 5) is 27.2. The van der Waals surface area contributed by atoms with E-state index in [0.717, 1.165) is 25.7 Å². The maximum Gasteiger partial charge on any atom is 0.222 e. The number of fused-ring (bicyclic) bond motifs is 5. The zero-order chi connectivity index (χ0) is 18.1. The molecule has 1 aliphatic heterocycles. The fraction of sp³-hybridized carbons (Fsp3) is 0.909. The van der Waals surface area contributed by atoms with E-state index >= 15 is 0 Å². The molecule has 0 aromatic heterocycles. The van der Waals surface area contributed by atoms with Crippen molar-refractivity contribution in [3.63, 3.8) is 0 Å². The summed E-state index contributed by atoms with van der Waals surface area (Å²) >= 11 is 0. The van der Waals surface area contributed by atoms with Crippen molar-refractivity contribution in [2.75, 3.05) is 7.05 Å². The number of nitrogens with zero attached hydrogens (tertiary/aromatic N) is 1. The van der Waals surface area contributed by atoms with Crippen molar-refractivity contribution < 1.29 is 9.59 Å². The summed E-state index contributed by atoms with van der Waals surface area (Å²) < 4.78 is 0. The number of Topliss-reactive ketones (excluding diaryl/α,β-unsaturated/α-hetero) is 1. The molecule has 7 atom stereocenters. The van der Waals surface area contributed by atoms with Crippen molar-refractivity contribution in [1.82, 2.24) is 4.90 Å². The van der Waals surface area contributed by atoms with Crippen LogP contribution in [0.5, 0.6) is 0 Å². The van der Waals surface area contributed by atoms with Gasteiger partial charge < -0.3 is 4.90 Å². The molecule has 0 aromatic carbocycles. The van der Waals surface area contributed by atoms with Gasteiger partial charge in [0.25, 0.3) is 0 Å². The second kappa shape index (κ2) is 5.57. The van der Waals surface area contributed by atoms with E-state index in [9.17, 15) is 9.59 Å². The van der Waals surface area contributed by atoms with E-state index in [4.69, 9.17) is 0 Å². The van der Waals surface area contributed by atoms with Crippen LogP contribution in [0.1, 0.15) is 72.6 Å². The Kier molecular flexibility index (Phi) is 3.91. The molecule has 1 amide bonds. The molecule has 0 aromatic rings. The molecule has 4 rings (SSSR count). The average Bonchev–Trinajstić information content (AvgIpc) is 2.83. The third-order valence-electron chi connectivity index (χ3n) is 9.18. The lowest BCUT2D eigenvalue weighted by molar-refractivity contribution is -0.161. The highest BCUT2D eigenvalue weighted by Crippen LogP contribution is 2.65. The van der Waals surface area contributed by atoms with E-state index < -0.39 is 0 Å². The van der Waals surface area contributed by atoms with E-state index in [-0.39, 0.29) is 10.8 Å². The summed E-state index contributed by atoms with van der Waals surface area (Å²) in [5.41, 5.74) is 0.176. The van der Waals surface area contributed by atoms with Crippen LogP contribution in [-0.2, 0) is 9.59 Å². The molecule has 3 aliphatic carbocycles. The summed E-state index contributed by atoms with van der Waals surface area (Å²) in [7, 11) is 2.02. The van der Waals surface area contributed by atoms with Crippen molar-refractivity contribution in [1.29, 1.82) is 0 Å². The predicted octanol–water partition coefficient (Wildman–Crippen LogP) is 4.30. The third-order valence-corrected chi connectivity index (χ3v) is 9.18. The van der Waals surface area contributed by atoms with E-state index in [1.807, 2.05) is 7.05 Å². The van der Waals surface area contributed by atoms with Crippen molar-refractivity contribution in [3.8, 4) is 0 Å². The van der Waals surface area contributed by atoms with E-state index in [2.05, 4.69) is 32.6 Å². The fourth-order valence-electron chi connectivity index (χ4n) is 7.74. The number of carbonyl (C=O) groups excluding carboxylic acids is 2. The molecule has 1 unspecified atom stereocenters. The number of rotatable bonds is 1.